The van der Waals surface area contributed by atoms with Gasteiger partial charge in [0.25, 0.3) is 0 Å². The third-order valence-corrected chi connectivity index (χ3v) is 7.09. The van der Waals surface area contributed by atoms with Gasteiger partial charge in [0, 0.05) is 22.4 Å². The minimum absolute atomic E-state index is 0.0646. The maximum Gasteiger partial charge on any atom is 0.133 e. The first-order chi connectivity index (χ1) is 15.0. The summed E-state index contributed by atoms with van der Waals surface area (Å²) in [7, 11) is 1.55. The average molecular weight is 492 g/mol. The molecular weight excluding hydrogens is 468 g/mol. The number of aromatic nitrogens is 2. The number of rotatable bonds is 5. The second-order valence-corrected chi connectivity index (χ2v) is 9.64. The number of benzene rings is 2. The summed E-state index contributed by atoms with van der Waals surface area (Å²) in [6.45, 7) is 2.90. The third kappa shape index (κ3) is 3.36. The summed E-state index contributed by atoms with van der Waals surface area (Å²) in [5, 5.41) is 8.26. The van der Waals surface area contributed by atoms with Crippen molar-refractivity contribution in [1.82, 2.24) is 15.1 Å². The number of hydrogen-bond acceptors (Lipinski definition) is 4. The van der Waals surface area contributed by atoms with Gasteiger partial charge in [0.1, 0.15) is 18.2 Å². The predicted octanol–water partition coefficient (Wildman–Crippen LogP) is 4.80. The molecule has 0 amide bonds. The van der Waals surface area contributed by atoms with Gasteiger partial charge in [-0.1, -0.05) is 22.0 Å². The van der Waals surface area contributed by atoms with Crippen LogP contribution in [0.2, 0.25) is 0 Å². The van der Waals surface area contributed by atoms with Gasteiger partial charge in [-0.2, -0.15) is 5.10 Å². The fraction of sp³-hybridized carbons (Fsp3) is 0.435. The van der Waals surface area contributed by atoms with E-state index in [4.69, 9.17) is 9.47 Å². The predicted molar refractivity (Wildman–Crippen MR) is 118 cm³/mol. The van der Waals surface area contributed by atoms with Crippen LogP contribution in [-0.4, -0.2) is 54.7 Å². The van der Waals surface area contributed by atoms with Crippen molar-refractivity contribution in [2.75, 3.05) is 33.5 Å². The van der Waals surface area contributed by atoms with Crippen molar-refractivity contribution < 1.29 is 18.3 Å². The van der Waals surface area contributed by atoms with Crippen molar-refractivity contribution in [2.24, 2.45) is 5.41 Å². The Kier molecular flexibility index (Phi) is 5.27. The highest BCUT2D eigenvalue weighted by Gasteiger charge is 2.46. The molecule has 0 aliphatic carbocycles. The van der Waals surface area contributed by atoms with Gasteiger partial charge in [-0.3, -0.25) is 14.4 Å². The van der Waals surface area contributed by atoms with Gasteiger partial charge in [-0.25, -0.2) is 4.39 Å². The Morgan fingerprint density at radius 2 is 2.16 bits per heavy atom. The third-order valence-electron chi connectivity index (χ3n) is 6.63. The lowest BCUT2D eigenvalue weighted by Gasteiger charge is -2.49. The normalized spacial score (nSPS) is 22.9. The molecule has 2 aliphatic heterocycles. The fourth-order valence-corrected chi connectivity index (χ4v) is 5.38. The Balaban J connectivity index is 1.72. The lowest BCUT2D eigenvalue weighted by atomic mass is 9.79. The number of hydrogen-bond donors (Lipinski definition) is 1. The maximum absolute atomic E-state index is 15.5. The minimum Gasteiger partial charge on any atom is -0.496 e. The van der Waals surface area contributed by atoms with Crippen molar-refractivity contribution in [1.29, 1.82) is 0 Å². The molecule has 2 aromatic carbocycles. The van der Waals surface area contributed by atoms with Gasteiger partial charge in [0.15, 0.2) is 0 Å². The number of fused-ring (bicyclic) bond motifs is 3. The van der Waals surface area contributed by atoms with E-state index >= 15 is 4.39 Å². The Morgan fingerprint density at radius 1 is 1.35 bits per heavy atom. The molecule has 0 radical (unpaired) electrons. The van der Waals surface area contributed by atoms with Gasteiger partial charge < -0.3 is 9.47 Å². The molecule has 3 aromatic rings. The second-order valence-electron chi connectivity index (χ2n) is 8.72. The molecule has 8 heteroatoms. The molecule has 5 nitrogen and oxygen atoms in total. The number of methoxy groups -OCH3 is 1. The Labute approximate surface area is 187 Å². The van der Waals surface area contributed by atoms with Crippen LogP contribution in [0.1, 0.15) is 29.7 Å². The van der Waals surface area contributed by atoms with E-state index in [-0.39, 0.29) is 11.9 Å². The highest BCUT2D eigenvalue weighted by molar-refractivity contribution is 9.10. The zero-order valence-electron chi connectivity index (χ0n) is 17.4. The summed E-state index contributed by atoms with van der Waals surface area (Å²) < 4.78 is 41.1. The smallest absolute Gasteiger partial charge is 0.133 e. The topological polar surface area (TPSA) is 50.4 Å². The Bertz CT molecular complexity index is 1130. The van der Waals surface area contributed by atoms with Crippen molar-refractivity contribution in [3.63, 3.8) is 0 Å². The SMILES string of the molecule is COc1cc(Br)cc(F)c1[C@@H]1c2ccc3[nH]ncc3c2C[C@@H](C)N1CC1(CF)COC1. The fourth-order valence-electron chi connectivity index (χ4n) is 4.98. The monoisotopic (exact) mass is 491 g/mol. The van der Waals surface area contributed by atoms with Gasteiger partial charge in [0.2, 0.25) is 0 Å². The summed E-state index contributed by atoms with van der Waals surface area (Å²) in [5.41, 5.74) is 3.01. The van der Waals surface area contributed by atoms with E-state index in [1.54, 1.807) is 13.2 Å². The lowest BCUT2D eigenvalue weighted by Crippen LogP contribution is -2.56. The van der Waals surface area contributed by atoms with Crippen molar-refractivity contribution >= 4 is 26.8 Å². The van der Waals surface area contributed by atoms with Crippen LogP contribution in [0.5, 0.6) is 5.75 Å². The maximum atomic E-state index is 15.5. The molecule has 31 heavy (non-hydrogen) atoms. The highest BCUT2D eigenvalue weighted by Crippen LogP contribution is 2.46. The van der Waals surface area contributed by atoms with Gasteiger partial charge in [-0.05, 0) is 42.7 Å². The minimum atomic E-state index is -0.553. The summed E-state index contributed by atoms with van der Waals surface area (Å²) >= 11 is 3.37. The second kappa shape index (κ2) is 7.83. The largest absolute Gasteiger partial charge is 0.496 e. The number of nitrogens with zero attached hydrogens (tertiary/aromatic N) is 2. The van der Waals surface area contributed by atoms with Crippen LogP contribution >= 0.6 is 15.9 Å². The molecule has 0 unspecified atom stereocenters. The molecule has 164 valence electrons. The summed E-state index contributed by atoms with van der Waals surface area (Å²) in [5.74, 6) is 0.112. The van der Waals surface area contributed by atoms with E-state index in [0.29, 0.717) is 35.5 Å². The summed E-state index contributed by atoms with van der Waals surface area (Å²) in [4.78, 5) is 2.21. The van der Waals surface area contributed by atoms with E-state index in [2.05, 4.69) is 38.0 Å². The quantitative estimate of drug-likeness (QED) is 0.557. The van der Waals surface area contributed by atoms with E-state index in [9.17, 15) is 4.39 Å². The van der Waals surface area contributed by atoms with Crippen LogP contribution < -0.4 is 4.74 Å². The average Bonchev–Trinajstić information content (AvgIpc) is 3.20. The van der Waals surface area contributed by atoms with Crippen LogP contribution in [0, 0.1) is 11.2 Å². The van der Waals surface area contributed by atoms with Crippen LogP contribution in [-0.2, 0) is 11.2 Å². The molecule has 2 aliphatic rings. The number of nitrogens with one attached hydrogen (secondary N) is 1. The molecular formula is C23H24BrF2N3O2. The number of ether oxygens (including phenoxy) is 2. The molecule has 1 aromatic heterocycles. The zero-order valence-corrected chi connectivity index (χ0v) is 19.0. The molecule has 0 bridgehead atoms. The summed E-state index contributed by atoms with van der Waals surface area (Å²) in [6, 6.07) is 6.90. The van der Waals surface area contributed by atoms with Crippen LogP contribution in [0.15, 0.2) is 34.9 Å². The van der Waals surface area contributed by atoms with E-state index in [1.807, 2.05) is 18.3 Å². The Morgan fingerprint density at radius 3 is 2.84 bits per heavy atom. The zero-order chi connectivity index (χ0) is 21.8. The molecule has 1 saturated heterocycles. The van der Waals surface area contributed by atoms with Crippen LogP contribution in [0.4, 0.5) is 8.78 Å². The van der Waals surface area contributed by atoms with E-state index in [0.717, 1.165) is 28.5 Å². The first kappa shape index (κ1) is 20.8. The molecule has 1 N–H and O–H groups in total. The molecule has 5 rings (SSSR count). The first-order valence-corrected chi connectivity index (χ1v) is 11.1. The standard InChI is InChI=1S/C23H24BrF2N3O2/c1-13-5-16-15(3-4-19-17(16)8-27-28-19)22(29(13)10-23(9-25)11-31-12-23)21-18(26)6-14(24)7-20(21)30-2/h3-4,6-8,13,22H,5,9-12H2,1-2H3,(H,27,28)/t13-,22+/m1/s1. The van der Waals surface area contributed by atoms with E-state index < -0.39 is 18.1 Å². The molecule has 0 spiro atoms. The molecule has 1 fully saturated rings. The van der Waals surface area contributed by atoms with E-state index in [1.165, 1.54) is 6.07 Å². The highest BCUT2D eigenvalue weighted by atomic mass is 79.9. The van der Waals surface area contributed by atoms with Crippen molar-refractivity contribution in [3.05, 3.63) is 57.4 Å². The number of alkyl halides is 1. The number of aromatic amines is 1. The Hall–Kier alpha value is -2.03. The van der Waals surface area contributed by atoms with Crippen LogP contribution in [0.25, 0.3) is 10.9 Å². The van der Waals surface area contributed by atoms with Gasteiger partial charge in [0.05, 0.1) is 49.1 Å². The summed E-state index contributed by atoms with van der Waals surface area (Å²) in [6.07, 6.45) is 2.60. The molecule has 0 saturated carbocycles. The van der Waals surface area contributed by atoms with Crippen molar-refractivity contribution in [2.45, 2.75) is 25.4 Å². The van der Waals surface area contributed by atoms with Crippen molar-refractivity contribution in [3.8, 4) is 5.75 Å². The molecule has 3 heterocycles. The lowest BCUT2D eigenvalue weighted by molar-refractivity contribution is -0.143. The van der Waals surface area contributed by atoms with Gasteiger partial charge >= 0.3 is 0 Å². The van der Waals surface area contributed by atoms with Crippen LogP contribution in [0.3, 0.4) is 0 Å². The first-order valence-electron chi connectivity index (χ1n) is 10.3. The molecule has 2 atom stereocenters. The van der Waals surface area contributed by atoms with Gasteiger partial charge in [-0.15, -0.1) is 0 Å². The number of halogens is 3. The number of H-pyrrole nitrogens is 1.